The van der Waals surface area contributed by atoms with Gasteiger partial charge >= 0.3 is 0 Å². The second-order valence-corrected chi connectivity index (χ2v) is 20.5. The number of carbonyl (C=O) groups is 1. The zero-order valence-corrected chi connectivity index (χ0v) is 33.7. The summed E-state index contributed by atoms with van der Waals surface area (Å²) in [6.07, 6.45) is 3.30. The van der Waals surface area contributed by atoms with E-state index in [0.29, 0.717) is 39.8 Å². The minimum Gasteiger partial charge on any atom is -0.497 e. The molecule has 12 heteroatoms. The Labute approximate surface area is 335 Å². The lowest BCUT2D eigenvalue weighted by Crippen LogP contribution is -2.51. The van der Waals surface area contributed by atoms with Crippen LogP contribution in [0.3, 0.4) is 0 Å². The molecule has 7 aromatic rings. The van der Waals surface area contributed by atoms with Crippen LogP contribution in [0.15, 0.2) is 137 Å². The number of aromatic nitrogens is 4. The topological polar surface area (TPSA) is 129 Å². The van der Waals surface area contributed by atoms with Crippen LogP contribution in [0.1, 0.15) is 24.5 Å². The van der Waals surface area contributed by atoms with Crippen molar-refractivity contribution in [1.82, 2.24) is 19.6 Å². The monoisotopic (exact) mass is 789 g/mol. The van der Waals surface area contributed by atoms with Crippen LogP contribution >= 0.6 is 0 Å². The SMILES string of the molecule is COc1ccc([Si](C)(C)[C@H]2[C@H](CCO)O[C@@]3(C(=O)N(Cc4ccc(-n5ncc6ccccc6c5=O)cc4)c4ccc(-n5ncc6ccccc6c5=O)cc43)[C@@H]2C)cc1. The standard InChI is InChI=1S/C46H43N5O6Si/c1-29-42(58(3,4)36-20-18-35(56-2)19-21-36)41(23-24-52)57-46(29)39-25-34(51-44(54)38-12-8-6-10-32(38)27-48-51)17-22-40(39)49(45(46)55)28-30-13-15-33(16-14-30)50-43(53)37-11-7-5-9-31(37)26-47-50/h5-22,25-27,29,41-42,52H,23-24,28H2,1-4H3/t29-,41+,42-,46+/m1/s1. The quantitative estimate of drug-likeness (QED) is 0.171. The highest BCUT2D eigenvalue weighted by atomic mass is 28.3. The average Bonchev–Trinajstić information content (AvgIpc) is 3.67. The molecule has 58 heavy (non-hydrogen) atoms. The molecule has 0 radical (unpaired) electrons. The third-order valence-electron chi connectivity index (χ3n) is 12.4. The Morgan fingerprint density at radius 3 is 1.97 bits per heavy atom. The lowest BCUT2D eigenvalue weighted by molar-refractivity contribution is -0.146. The smallest absolute Gasteiger partial charge is 0.279 e. The van der Waals surface area contributed by atoms with Crippen molar-refractivity contribution in [2.75, 3.05) is 18.6 Å². The molecule has 0 aliphatic carbocycles. The molecule has 0 bridgehead atoms. The van der Waals surface area contributed by atoms with Gasteiger partial charge in [0.25, 0.3) is 17.0 Å². The van der Waals surface area contributed by atoms with Gasteiger partial charge in [-0.05, 0) is 72.1 Å². The van der Waals surface area contributed by atoms with E-state index in [-0.39, 0.29) is 41.6 Å². The third kappa shape index (κ3) is 5.81. The van der Waals surface area contributed by atoms with Crippen LogP contribution in [-0.4, -0.2) is 58.5 Å². The van der Waals surface area contributed by atoms with E-state index in [9.17, 15) is 14.7 Å². The summed E-state index contributed by atoms with van der Waals surface area (Å²) in [5, 5.41) is 23.2. The number of anilines is 1. The molecular weight excluding hydrogens is 747 g/mol. The summed E-state index contributed by atoms with van der Waals surface area (Å²) in [5.74, 6) is 0.253. The number of fused-ring (bicyclic) bond motifs is 4. The Balaban J connectivity index is 1.15. The number of methoxy groups -OCH3 is 1. The summed E-state index contributed by atoms with van der Waals surface area (Å²) < 4.78 is 15.4. The number of hydrogen-bond donors (Lipinski definition) is 1. The van der Waals surface area contributed by atoms with E-state index in [1.165, 1.54) is 14.6 Å². The van der Waals surface area contributed by atoms with Gasteiger partial charge in [0.1, 0.15) is 5.75 Å². The summed E-state index contributed by atoms with van der Waals surface area (Å²) in [5.41, 5.74) is 1.35. The van der Waals surface area contributed by atoms with Gasteiger partial charge in [0.2, 0.25) is 0 Å². The van der Waals surface area contributed by atoms with Gasteiger partial charge in [-0.1, -0.05) is 85.9 Å². The summed E-state index contributed by atoms with van der Waals surface area (Å²) in [4.78, 5) is 44.3. The third-order valence-corrected chi connectivity index (χ3v) is 16.8. The highest BCUT2D eigenvalue weighted by Crippen LogP contribution is 2.60. The second-order valence-electron chi connectivity index (χ2n) is 15.8. The number of nitrogens with zero attached hydrogens (tertiary/aromatic N) is 5. The number of rotatable bonds is 9. The summed E-state index contributed by atoms with van der Waals surface area (Å²) in [7, 11) is -0.781. The molecule has 11 nitrogen and oxygen atoms in total. The highest BCUT2D eigenvalue weighted by Gasteiger charge is 2.66. The molecule has 2 aromatic heterocycles. The fraction of sp³-hybridized carbons (Fsp3) is 0.239. The van der Waals surface area contributed by atoms with Crippen molar-refractivity contribution in [3.8, 4) is 17.1 Å². The molecule has 1 N–H and O–H groups in total. The number of aliphatic hydroxyl groups is 1. The molecule has 2 aliphatic heterocycles. The molecule has 1 spiro atoms. The molecule has 4 heterocycles. The number of ether oxygens (including phenoxy) is 2. The van der Waals surface area contributed by atoms with E-state index >= 15 is 4.79 Å². The zero-order chi connectivity index (χ0) is 40.3. The minimum absolute atomic E-state index is 0.0676. The number of hydrogen-bond acceptors (Lipinski definition) is 8. The maximum Gasteiger partial charge on any atom is 0.279 e. The predicted octanol–water partition coefficient (Wildman–Crippen LogP) is 6.24. The van der Waals surface area contributed by atoms with Crippen molar-refractivity contribution in [1.29, 1.82) is 0 Å². The Morgan fingerprint density at radius 2 is 1.36 bits per heavy atom. The molecule has 0 unspecified atom stereocenters. The molecule has 1 saturated heterocycles. The van der Waals surface area contributed by atoms with Gasteiger partial charge in [-0.15, -0.1) is 0 Å². The number of aliphatic hydroxyl groups excluding tert-OH is 1. The highest BCUT2D eigenvalue weighted by molar-refractivity contribution is 6.91. The summed E-state index contributed by atoms with van der Waals surface area (Å²) in [6, 6.07) is 35.9. The first-order chi connectivity index (χ1) is 28.1. The van der Waals surface area contributed by atoms with Crippen molar-refractivity contribution in [2.45, 2.75) is 50.2 Å². The summed E-state index contributed by atoms with van der Waals surface area (Å²) >= 11 is 0. The lowest BCUT2D eigenvalue weighted by Gasteiger charge is -2.37. The van der Waals surface area contributed by atoms with Crippen molar-refractivity contribution in [3.63, 3.8) is 0 Å². The van der Waals surface area contributed by atoms with Crippen molar-refractivity contribution >= 4 is 46.4 Å². The van der Waals surface area contributed by atoms with Gasteiger partial charge < -0.3 is 19.5 Å². The largest absolute Gasteiger partial charge is 0.497 e. The number of amides is 1. The van der Waals surface area contributed by atoms with Gasteiger partial charge in [-0.3, -0.25) is 14.4 Å². The van der Waals surface area contributed by atoms with Gasteiger partial charge in [-0.25, -0.2) is 0 Å². The van der Waals surface area contributed by atoms with Crippen LogP contribution < -0.4 is 25.9 Å². The fourth-order valence-corrected chi connectivity index (χ4v) is 13.5. The van der Waals surface area contributed by atoms with Gasteiger partial charge in [0.05, 0.1) is 68.1 Å². The van der Waals surface area contributed by atoms with Crippen LogP contribution in [0.4, 0.5) is 5.69 Å². The van der Waals surface area contributed by atoms with E-state index in [1.807, 2.05) is 91.0 Å². The minimum atomic E-state index is -2.43. The van der Waals surface area contributed by atoms with Crippen molar-refractivity contribution in [2.24, 2.45) is 5.92 Å². The van der Waals surface area contributed by atoms with E-state index in [0.717, 1.165) is 22.1 Å². The Bertz CT molecular complexity index is 2840. The maximum atomic E-state index is 15.4. The van der Waals surface area contributed by atoms with Crippen LogP contribution in [0.25, 0.3) is 32.9 Å². The predicted molar refractivity (Wildman–Crippen MR) is 227 cm³/mol. The van der Waals surface area contributed by atoms with E-state index in [4.69, 9.17) is 9.47 Å². The lowest BCUT2D eigenvalue weighted by atomic mass is 9.82. The van der Waals surface area contributed by atoms with Crippen LogP contribution in [0.5, 0.6) is 5.75 Å². The first-order valence-corrected chi connectivity index (χ1v) is 22.6. The number of carbonyl (C=O) groups excluding carboxylic acids is 1. The molecular formula is C46H43N5O6Si. The molecule has 1 fully saturated rings. The Kier molecular flexibility index (Phi) is 9.22. The Hall–Kier alpha value is -6.21. The average molecular weight is 790 g/mol. The maximum absolute atomic E-state index is 15.4. The van der Waals surface area contributed by atoms with Crippen LogP contribution in [0.2, 0.25) is 18.6 Å². The molecule has 292 valence electrons. The van der Waals surface area contributed by atoms with Crippen LogP contribution in [0, 0.1) is 5.92 Å². The number of benzene rings is 5. The Morgan fingerprint density at radius 1 is 0.776 bits per heavy atom. The fourth-order valence-electron chi connectivity index (χ4n) is 9.46. The zero-order valence-electron chi connectivity index (χ0n) is 32.7. The first-order valence-electron chi connectivity index (χ1n) is 19.5. The molecule has 9 rings (SSSR count). The van der Waals surface area contributed by atoms with E-state index in [2.05, 4.69) is 42.3 Å². The second kappa shape index (κ2) is 14.3. The van der Waals surface area contributed by atoms with E-state index in [1.54, 1.807) is 36.5 Å². The molecule has 2 aliphatic rings. The van der Waals surface area contributed by atoms with E-state index < -0.39 is 19.8 Å². The van der Waals surface area contributed by atoms with Gasteiger partial charge in [-0.2, -0.15) is 19.6 Å². The van der Waals surface area contributed by atoms with Crippen molar-refractivity contribution < 1.29 is 19.4 Å². The van der Waals surface area contributed by atoms with Gasteiger partial charge in [0.15, 0.2) is 5.60 Å². The van der Waals surface area contributed by atoms with Gasteiger partial charge in [0, 0.05) is 28.9 Å². The molecule has 5 aromatic carbocycles. The summed E-state index contributed by atoms with van der Waals surface area (Å²) in [6.45, 7) is 6.83. The molecule has 0 saturated carbocycles. The van der Waals surface area contributed by atoms with Crippen LogP contribution in [-0.2, 0) is 21.7 Å². The molecule has 4 atom stereocenters. The first kappa shape index (κ1) is 37.4. The normalized spacial score (nSPS) is 20.3. The van der Waals surface area contributed by atoms with Crippen molar-refractivity contribution in [3.05, 3.63) is 159 Å². The molecule has 1 amide bonds.